The fraction of sp³-hybridized carbons (Fsp3) is 0.974. The molecule has 0 aromatic rings. The summed E-state index contributed by atoms with van der Waals surface area (Å²) in [6.07, 6.45) is -9.53. The van der Waals surface area contributed by atoms with Gasteiger partial charge >= 0.3 is 5.97 Å². The third-order valence-electron chi connectivity index (χ3n) is 12.5. The Balaban J connectivity index is 2.20. The molecule has 0 saturated carbocycles. The molecular weight excluding hydrogens is 678 g/mol. The monoisotopic (exact) mass is 749 g/mol. The summed E-state index contributed by atoms with van der Waals surface area (Å²) in [5, 5.41) is 58.3. The van der Waals surface area contributed by atoms with Gasteiger partial charge in [-0.25, -0.2) is 0 Å². The number of aliphatic hydroxyl groups is 5. The predicted octanol–water partition coefficient (Wildman–Crippen LogP) is 2.23. The Hall–Kier alpha value is -1.01. The molecule has 3 rings (SSSR count). The number of carbonyl (C=O) groups excluding carboxylic acids is 1. The van der Waals surface area contributed by atoms with Crippen LogP contribution in [-0.4, -0.2) is 155 Å². The molecule has 5 N–H and O–H groups in total. The van der Waals surface area contributed by atoms with E-state index in [2.05, 4.69) is 0 Å². The van der Waals surface area contributed by atoms with Crippen molar-refractivity contribution in [3.8, 4) is 0 Å². The summed E-state index contributed by atoms with van der Waals surface area (Å²) in [4.78, 5) is 16.2. The van der Waals surface area contributed by atoms with Crippen molar-refractivity contribution in [2.24, 2.45) is 23.7 Å². The molecular formula is C38H71NO13. The molecule has 0 bridgehead atoms. The minimum absolute atomic E-state index is 0.00701. The number of likely N-dealkylation sites (N-methyl/N-ethyl adjacent to an activating group) is 1. The first-order chi connectivity index (χ1) is 24.0. The lowest BCUT2D eigenvalue weighted by atomic mass is 9.73. The van der Waals surface area contributed by atoms with E-state index in [-0.39, 0.29) is 25.0 Å². The fourth-order valence-electron chi connectivity index (χ4n) is 8.82. The molecule has 0 aromatic carbocycles. The zero-order valence-electron chi connectivity index (χ0n) is 34.0. The van der Waals surface area contributed by atoms with Crippen LogP contribution in [0.3, 0.4) is 0 Å². The molecule has 3 saturated heterocycles. The molecule has 3 aliphatic heterocycles. The van der Waals surface area contributed by atoms with Crippen molar-refractivity contribution in [2.75, 3.05) is 28.3 Å². The molecule has 19 atom stereocenters. The molecule has 3 fully saturated rings. The van der Waals surface area contributed by atoms with E-state index in [9.17, 15) is 30.3 Å². The van der Waals surface area contributed by atoms with Crippen LogP contribution in [0.2, 0.25) is 0 Å². The number of methoxy groups -OCH3 is 2. The van der Waals surface area contributed by atoms with Crippen molar-refractivity contribution in [2.45, 2.75) is 185 Å². The summed E-state index contributed by atoms with van der Waals surface area (Å²) < 4.78 is 43.4. The fourth-order valence-corrected chi connectivity index (χ4v) is 8.82. The highest BCUT2D eigenvalue weighted by atomic mass is 16.7. The van der Waals surface area contributed by atoms with Crippen molar-refractivity contribution in [1.82, 2.24) is 4.90 Å². The molecule has 0 spiro atoms. The maximum atomic E-state index is 14.3. The number of aliphatic hydroxyl groups excluding tert-OH is 4. The van der Waals surface area contributed by atoms with Gasteiger partial charge in [0.05, 0.1) is 53.7 Å². The zero-order chi connectivity index (χ0) is 39.7. The summed E-state index contributed by atoms with van der Waals surface area (Å²) in [7, 11) is 6.67. The standard InChI is InChI=1S/C38H71NO13/c1-15-26-38(10,47-14)31(42)21(4)28(40)19(2)17-36(8,45)33(52-35-29(41)25(39(11)12)16-20(3)48-35)22(5)30(23(6)34(44)50-26)51-27-18-37(9,46-13)32(43)24(7)49-27/h19-33,35,40-43,45H,15-18H2,1-14H3/t19-,20-,21-,22+,23-,24+,25+,26+,27+,28+,29-,30+,31-,32+,33-,35+,36+,37-,38-/m1/s1. The van der Waals surface area contributed by atoms with Gasteiger partial charge in [-0.05, 0) is 80.8 Å². The van der Waals surface area contributed by atoms with Gasteiger partial charge in [0.2, 0.25) is 0 Å². The molecule has 0 radical (unpaired) electrons. The molecule has 14 nitrogen and oxygen atoms in total. The lowest BCUT2D eigenvalue weighted by molar-refractivity contribution is -0.318. The molecule has 3 heterocycles. The first-order valence-electron chi connectivity index (χ1n) is 19.0. The van der Waals surface area contributed by atoms with E-state index in [0.717, 1.165) is 0 Å². The quantitative estimate of drug-likeness (QED) is 0.228. The first-order valence-corrected chi connectivity index (χ1v) is 19.0. The third-order valence-corrected chi connectivity index (χ3v) is 12.5. The van der Waals surface area contributed by atoms with Gasteiger partial charge in [0.15, 0.2) is 12.6 Å². The van der Waals surface area contributed by atoms with E-state index >= 15 is 0 Å². The number of esters is 1. The Morgan fingerprint density at radius 3 is 2.00 bits per heavy atom. The van der Waals surface area contributed by atoms with Crippen molar-refractivity contribution in [1.29, 1.82) is 0 Å². The number of ether oxygens (including phenoxy) is 7. The van der Waals surface area contributed by atoms with Gasteiger partial charge in [0, 0.05) is 38.5 Å². The molecule has 306 valence electrons. The Bertz CT molecular complexity index is 1140. The second-order valence-corrected chi connectivity index (χ2v) is 16.9. The van der Waals surface area contributed by atoms with Crippen LogP contribution in [0, 0.1) is 23.7 Å². The highest BCUT2D eigenvalue weighted by Crippen LogP contribution is 2.41. The lowest BCUT2D eigenvalue weighted by Crippen LogP contribution is -2.61. The number of hydrogen-bond acceptors (Lipinski definition) is 14. The lowest BCUT2D eigenvalue weighted by Gasteiger charge is -2.49. The third kappa shape index (κ3) is 9.50. The van der Waals surface area contributed by atoms with Crippen LogP contribution >= 0.6 is 0 Å². The van der Waals surface area contributed by atoms with Gasteiger partial charge in [-0.15, -0.1) is 0 Å². The van der Waals surface area contributed by atoms with E-state index in [1.165, 1.54) is 14.2 Å². The number of rotatable bonds is 8. The average Bonchev–Trinajstić information content (AvgIpc) is 3.08. The Morgan fingerprint density at radius 1 is 0.846 bits per heavy atom. The van der Waals surface area contributed by atoms with Gasteiger partial charge in [-0.3, -0.25) is 4.79 Å². The van der Waals surface area contributed by atoms with E-state index in [1.807, 2.05) is 32.8 Å². The molecule has 0 aliphatic carbocycles. The molecule has 3 aliphatic rings. The van der Waals surface area contributed by atoms with Gasteiger partial charge in [-0.2, -0.15) is 0 Å². The van der Waals surface area contributed by atoms with E-state index in [0.29, 0.717) is 12.8 Å². The summed E-state index contributed by atoms with van der Waals surface area (Å²) in [6, 6.07) is -0.298. The van der Waals surface area contributed by atoms with Crippen molar-refractivity contribution in [3.05, 3.63) is 0 Å². The smallest absolute Gasteiger partial charge is 0.311 e. The summed E-state index contributed by atoms with van der Waals surface area (Å²) in [6.45, 7) is 17.4. The minimum Gasteiger partial charge on any atom is -0.459 e. The summed E-state index contributed by atoms with van der Waals surface area (Å²) >= 11 is 0. The van der Waals surface area contributed by atoms with E-state index in [1.54, 1.807) is 55.4 Å². The molecule has 0 unspecified atom stereocenters. The average molecular weight is 750 g/mol. The molecule has 0 amide bonds. The predicted molar refractivity (Wildman–Crippen MR) is 192 cm³/mol. The Morgan fingerprint density at radius 2 is 1.46 bits per heavy atom. The largest absolute Gasteiger partial charge is 0.459 e. The number of cyclic esters (lactones) is 1. The van der Waals surface area contributed by atoms with Crippen LogP contribution in [0.15, 0.2) is 0 Å². The van der Waals surface area contributed by atoms with Gasteiger partial charge < -0.3 is 63.6 Å². The topological polar surface area (TPSA) is 186 Å². The van der Waals surface area contributed by atoms with Crippen LogP contribution in [0.25, 0.3) is 0 Å². The Kier molecular flexibility index (Phi) is 15.6. The van der Waals surface area contributed by atoms with Crippen LogP contribution in [0.4, 0.5) is 0 Å². The summed E-state index contributed by atoms with van der Waals surface area (Å²) in [5.74, 6) is -3.74. The Labute approximate surface area is 311 Å². The number of nitrogens with zero attached hydrogens (tertiary/aromatic N) is 1. The van der Waals surface area contributed by atoms with Crippen molar-refractivity contribution in [3.63, 3.8) is 0 Å². The first kappa shape index (κ1) is 45.4. The molecule has 0 aromatic heterocycles. The van der Waals surface area contributed by atoms with Crippen LogP contribution in [-0.2, 0) is 38.0 Å². The maximum absolute atomic E-state index is 14.3. The summed E-state index contributed by atoms with van der Waals surface area (Å²) in [5.41, 5.74) is -4.12. The van der Waals surface area contributed by atoms with E-state index < -0.39 is 108 Å². The minimum atomic E-state index is -1.70. The second-order valence-electron chi connectivity index (χ2n) is 16.9. The SMILES string of the molecule is CC[C@@H]1OC(=O)[C@H](C)[C@@H](O[C@H]2C[C@@](C)(OC)[C@@H](O)[C@H](C)O2)[C@H](C)[C@@H](O[C@@H]2O[C@H](C)C[C@H](N(C)C)[C@H]2O)[C@@](C)(O)C[C@@H](C)[C@H](O)[C@@H](C)[C@@H](O)[C@]1(C)OC. The van der Waals surface area contributed by atoms with Crippen LogP contribution in [0.5, 0.6) is 0 Å². The van der Waals surface area contributed by atoms with Gasteiger partial charge in [0.25, 0.3) is 0 Å². The zero-order valence-corrected chi connectivity index (χ0v) is 34.0. The number of hydrogen-bond donors (Lipinski definition) is 5. The number of carbonyl (C=O) groups is 1. The normalized spacial score (nSPS) is 50.4. The van der Waals surface area contributed by atoms with Crippen molar-refractivity contribution >= 4 is 5.97 Å². The molecule has 14 heteroatoms. The van der Waals surface area contributed by atoms with E-state index in [4.69, 9.17) is 33.2 Å². The van der Waals surface area contributed by atoms with Crippen molar-refractivity contribution < 1.29 is 63.5 Å². The van der Waals surface area contributed by atoms with Crippen LogP contribution < -0.4 is 0 Å². The highest BCUT2D eigenvalue weighted by Gasteiger charge is 2.54. The highest BCUT2D eigenvalue weighted by molar-refractivity contribution is 5.73. The van der Waals surface area contributed by atoms with Gasteiger partial charge in [0.1, 0.15) is 23.9 Å². The maximum Gasteiger partial charge on any atom is 0.311 e. The van der Waals surface area contributed by atoms with Gasteiger partial charge in [-0.1, -0.05) is 27.7 Å². The second kappa shape index (κ2) is 17.8. The molecule has 52 heavy (non-hydrogen) atoms. The van der Waals surface area contributed by atoms with Crippen LogP contribution in [0.1, 0.15) is 94.9 Å².